The topological polar surface area (TPSA) is 80.3 Å². The molecule has 2 aromatic rings. The SMILES string of the molecule is O=C(NS(=O)(=O)/C=C/c1ccccc1)c1ccc(C(=O)C(F)(F)F)s1. The van der Waals surface area contributed by atoms with Gasteiger partial charge in [-0.05, 0) is 23.8 Å². The summed E-state index contributed by atoms with van der Waals surface area (Å²) in [5, 5.41) is 0.760. The maximum absolute atomic E-state index is 12.3. The second-order valence-electron chi connectivity index (χ2n) is 4.68. The van der Waals surface area contributed by atoms with Crippen LogP contribution in [0.4, 0.5) is 13.2 Å². The molecule has 0 aliphatic heterocycles. The second kappa shape index (κ2) is 7.19. The van der Waals surface area contributed by atoms with Crippen molar-refractivity contribution in [2.24, 2.45) is 0 Å². The first-order chi connectivity index (χ1) is 11.6. The second-order valence-corrected chi connectivity index (χ2v) is 7.33. The summed E-state index contributed by atoms with van der Waals surface area (Å²) in [7, 11) is -4.15. The molecule has 25 heavy (non-hydrogen) atoms. The lowest BCUT2D eigenvalue weighted by atomic mass is 10.2. The minimum absolute atomic E-state index is 0.261. The fourth-order valence-corrected chi connectivity index (χ4v) is 3.37. The van der Waals surface area contributed by atoms with E-state index >= 15 is 0 Å². The van der Waals surface area contributed by atoms with Gasteiger partial charge in [0.25, 0.3) is 21.7 Å². The molecule has 1 N–H and O–H groups in total. The van der Waals surface area contributed by atoms with Gasteiger partial charge in [-0.3, -0.25) is 9.59 Å². The lowest BCUT2D eigenvalue weighted by molar-refractivity contribution is -0.0882. The Kier molecular flexibility index (Phi) is 5.43. The molecule has 1 aromatic carbocycles. The van der Waals surface area contributed by atoms with E-state index in [1.165, 1.54) is 6.08 Å². The highest BCUT2D eigenvalue weighted by molar-refractivity contribution is 7.93. The van der Waals surface area contributed by atoms with Crippen LogP contribution in [0.1, 0.15) is 24.9 Å². The van der Waals surface area contributed by atoms with Crippen molar-refractivity contribution in [3.63, 3.8) is 0 Å². The van der Waals surface area contributed by atoms with Crippen LogP contribution in [-0.4, -0.2) is 26.3 Å². The molecule has 0 aliphatic carbocycles. The zero-order chi connectivity index (χ0) is 18.7. The maximum atomic E-state index is 12.3. The third-order valence-corrected chi connectivity index (χ3v) is 4.83. The third-order valence-electron chi connectivity index (χ3n) is 2.79. The molecule has 0 saturated heterocycles. The normalized spacial score (nSPS) is 12.3. The standard InChI is InChI=1S/C15H10F3NO4S2/c16-15(17,18)13(20)11-6-7-12(24-11)14(21)19-25(22,23)9-8-10-4-2-1-3-5-10/h1-9H,(H,19,21)/b9-8+. The van der Waals surface area contributed by atoms with Crippen molar-refractivity contribution in [1.82, 2.24) is 4.72 Å². The van der Waals surface area contributed by atoms with E-state index in [0.717, 1.165) is 17.5 Å². The number of amides is 1. The fourth-order valence-electron chi connectivity index (χ4n) is 1.67. The molecule has 10 heteroatoms. The number of benzene rings is 1. The molecular weight excluding hydrogens is 379 g/mol. The van der Waals surface area contributed by atoms with Gasteiger partial charge in [0.1, 0.15) is 0 Å². The van der Waals surface area contributed by atoms with Crippen molar-refractivity contribution in [1.29, 1.82) is 0 Å². The number of hydrogen-bond acceptors (Lipinski definition) is 5. The van der Waals surface area contributed by atoms with Gasteiger partial charge in [-0.25, -0.2) is 13.1 Å². The van der Waals surface area contributed by atoms with Gasteiger partial charge in [-0.15, -0.1) is 11.3 Å². The molecule has 2 rings (SSSR count). The van der Waals surface area contributed by atoms with Crippen LogP contribution in [0.5, 0.6) is 0 Å². The van der Waals surface area contributed by atoms with Crippen LogP contribution >= 0.6 is 11.3 Å². The van der Waals surface area contributed by atoms with Gasteiger partial charge < -0.3 is 0 Å². The van der Waals surface area contributed by atoms with Gasteiger partial charge >= 0.3 is 6.18 Å². The van der Waals surface area contributed by atoms with E-state index in [2.05, 4.69) is 0 Å². The third kappa shape index (κ3) is 5.26. The quantitative estimate of drug-likeness (QED) is 0.797. The summed E-state index contributed by atoms with van der Waals surface area (Å²) in [5.74, 6) is -3.22. The first kappa shape index (κ1) is 18.9. The Labute approximate surface area is 144 Å². The zero-order valence-electron chi connectivity index (χ0n) is 12.3. The van der Waals surface area contributed by atoms with Crippen molar-refractivity contribution in [2.45, 2.75) is 6.18 Å². The summed E-state index contributed by atoms with van der Waals surface area (Å²) < 4.78 is 62.3. The average Bonchev–Trinajstić information content (AvgIpc) is 3.02. The molecule has 1 amide bonds. The average molecular weight is 389 g/mol. The smallest absolute Gasteiger partial charge is 0.283 e. The molecule has 0 radical (unpaired) electrons. The van der Waals surface area contributed by atoms with Crippen LogP contribution in [0.25, 0.3) is 6.08 Å². The highest BCUT2D eigenvalue weighted by Crippen LogP contribution is 2.26. The summed E-state index contributed by atoms with van der Waals surface area (Å²) in [5.41, 5.74) is 0.578. The minimum atomic E-state index is -5.07. The molecule has 0 aliphatic rings. The number of Topliss-reactive ketones (excluding diaryl/α,β-unsaturated/α-hetero) is 1. The molecule has 0 bridgehead atoms. The van der Waals surface area contributed by atoms with Crippen molar-refractivity contribution in [3.8, 4) is 0 Å². The van der Waals surface area contributed by atoms with E-state index in [0.29, 0.717) is 5.56 Å². The Hall–Kier alpha value is -2.46. The molecule has 1 aromatic heterocycles. The molecule has 0 unspecified atom stereocenters. The molecule has 132 valence electrons. The Morgan fingerprint density at radius 3 is 2.20 bits per heavy atom. The lowest BCUT2D eigenvalue weighted by Gasteiger charge is -2.02. The van der Waals surface area contributed by atoms with Gasteiger partial charge in [0.05, 0.1) is 15.2 Å². The zero-order valence-corrected chi connectivity index (χ0v) is 13.9. The number of rotatable bonds is 5. The maximum Gasteiger partial charge on any atom is 0.455 e. The van der Waals surface area contributed by atoms with Crippen molar-refractivity contribution in [3.05, 3.63) is 63.2 Å². The highest BCUT2D eigenvalue weighted by atomic mass is 32.2. The Morgan fingerprint density at radius 1 is 1.00 bits per heavy atom. The Balaban J connectivity index is 2.10. The first-order valence-electron chi connectivity index (χ1n) is 6.60. The number of nitrogens with one attached hydrogen (secondary N) is 1. The van der Waals surface area contributed by atoms with E-state index in [-0.39, 0.29) is 16.2 Å². The van der Waals surface area contributed by atoms with Crippen LogP contribution in [0.3, 0.4) is 0 Å². The predicted octanol–water partition coefficient (Wildman–Crippen LogP) is 3.22. The molecule has 0 atom stereocenters. The number of carbonyl (C=O) groups excluding carboxylic acids is 2. The van der Waals surface area contributed by atoms with Gasteiger partial charge in [-0.1, -0.05) is 30.3 Å². The van der Waals surface area contributed by atoms with Crippen molar-refractivity contribution >= 4 is 39.1 Å². The lowest BCUT2D eigenvalue weighted by Crippen LogP contribution is -2.28. The molecule has 1 heterocycles. The van der Waals surface area contributed by atoms with E-state index in [1.54, 1.807) is 35.1 Å². The molecular formula is C15H10F3NO4S2. The fraction of sp³-hybridized carbons (Fsp3) is 0.0667. The Morgan fingerprint density at radius 2 is 1.60 bits per heavy atom. The summed E-state index contributed by atoms with van der Waals surface area (Å²) >= 11 is 0.261. The minimum Gasteiger partial charge on any atom is -0.283 e. The number of hydrogen-bond donors (Lipinski definition) is 1. The summed E-state index contributed by atoms with van der Waals surface area (Å²) in [4.78, 5) is 21.9. The van der Waals surface area contributed by atoms with Crippen LogP contribution in [-0.2, 0) is 10.0 Å². The van der Waals surface area contributed by atoms with E-state index in [9.17, 15) is 31.2 Å². The Bertz CT molecular complexity index is 916. The highest BCUT2D eigenvalue weighted by Gasteiger charge is 2.40. The van der Waals surface area contributed by atoms with Crippen LogP contribution in [0.15, 0.2) is 47.9 Å². The van der Waals surface area contributed by atoms with Gasteiger partial charge in [0.2, 0.25) is 0 Å². The largest absolute Gasteiger partial charge is 0.455 e. The number of ketones is 1. The number of carbonyl (C=O) groups is 2. The number of halogens is 3. The monoisotopic (exact) mass is 389 g/mol. The van der Waals surface area contributed by atoms with E-state index < -0.39 is 32.8 Å². The number of sulfonamides is 1. The van der Waals surface area contributed by atoms with Gasteiger partial charge in [0.15, 0.2) is 0 Å². The molecule has 5 nitrogen and oxygen atoms in total. The molecule has 0 spiro atoms. The van der Waals surface area contributed by atoms with Crippen LogP contribution in [0, 0.1) is 0 Å². The first-order valence-corrected chi connectivity index (χ1v) is 8.96. The summed E-state index contributed by atoms with van der Waals surface area (Å²) in [6.45, 7) is 0. The van der Waals surface area contributed by atoms with Crippen LogP contribution < -0.4 is 4.72 Å². The number of alkyl halides is 3. The van der Waals surface area contributed by atoms with Gasteiger partial charge in [-0.2, -0.15) is 13.2 Å². The predicted molar refractivity (Wildman–Crippen MR) is 86.6 cm³/mol. The van der Waals surface area contributed by atoms with E-state index in [1.807, 2.05) is 0 Å². The summed E-state index contributed by atoms with van der Waals surface area (Å²) in [6.07, 6.45) is -3.81. The van der Waals surface area contributed by atoms with Gasteiger partial charge in [0, 0.05) is 0 Å². The molecule has 0 fully saturated rings. The number of thiophene rings is 1. The van der Waals surface area contributed by atoms with Crippen molar-refractivity contribution < 1.29 is 31.2 Å². The summed E-state index contributed by atoms with van der Waals surface area (Å²) in [6, 6.07) is 10.2. The van der Waals surface area contributed by atoms with Crippen molar-refractivity contribution in [2.75, 3.05) is 0 Å². The van der Waals surface area contributed by atoms with Crippen LogP contribution in [0.2, 0.25) is 0 Å². The van der Waals surface area contributed by atoms with E-state index in [4.69, 9.17) is 0 Å². The molecule has 0 saturated carbocycles.